The van der Waals surface area contributed by atoms with Crippen molar-refractivity contribution in [2.24, 2.45) is 5.73 Å². The summed E-state index contributed by atoms with van der Waals surface area (Å²) < 4.78 is 4.81. The fraction of sp³-hybridized carbons (Fsp3) is 0.471. The van der Waals surface area contributed by atoms with E-state index in [9.17, 15) is 19.5 Å². The van der Waals surface area contributed by atoms with E-state index in [1.807, 2.05) is 0 Å². The predicted octanol–water partition coefficient (Wildman–Crippen LogP) is -0.873. The third-order valence-corrected chi connectivity index (χ3v) is 3.93. The average molecular weight is 365 g/mol. The molecular weight excluding hydrogens is 342 g/mol. The minimum atomic E-state index is -1.22. The highest BCUT2D eigenvalue weighted by molar-refractivity contribution is 5.95. The molecule has 1 saturated heterocycles. The van der Waals surface area contributed by atoms with Crippen molar-refractivity contribution in [2.45, 2.75) is 37.5 Å². The molecule has 0 aromatic heterocycles. The summed E-state index contributed by atoms with van der Waals surface area (Å²) in [5.41, 5.74) is 6.14. The molecule has 0 spiro atoms. The molecule has 9 nitrogen and oxygen atoms in total. The van der Waals surface area contributed by atoms with Gasteiger partial charge in [0.25, 0.3) is 5.91 Å². The summed E-state index contributed by atoms with van der Waals surface area (Å²) in [7, 11) is 0. The number of carboxylic acid groups (broad SMARTS) is 1. The molecule has 3 atom stereocenters. The minimum absolute atomic E-state index is 0.0938. The highest BCUT2D eigenvalue weighted by Crippen LogP contribution is 2.22. The third-order valence-electron chi connectivity index (χ3n) is 3.93. The summed E-state index contributed by atoms with van der Waals surface area (Å²) >= 11 is 0. The van der Waals surface area contributed by atoms with E-state index in [1.54, 1.807) is 12.1 Å². The fourth-order valence-corrected chi connectivity index (χ4v) is 2.43. The van der Waals surface area contributed by atoms with Gasteiger partial charge in [-0.05, 0) is 37.1 Å². The van der Waals surface area contributed by atoms with Crippen molar-refractivity contribution in [3.8, 4) is 5.75 Å². The zero-order valence-corrected chi connectivity index (χ0v) is 14.2. The Balaban J connectivity index is 1.98. The number of epoxide rings is 1. The number of nitrogens with one attached hydrogen (secondary N) is 2. The zero-order valence-electron chi connectivity index (χ0n) is 14.2. The molecule has 2 rings (SSSR count). The molecule has 0 saturated carbocycles. The topological polar surface area (TPSA) is 154 Å². The van der Waals surface area contributed by atoms with Gasteiger partial charge < -0.3 is 31.3 Å². The van der Waals surface area contributed by atoms with Crippen LogP contribution < -0.4 is 16.4 Å². The number of carbonyl (C=O) groups is 3. The lowest BCUT2D eigenvalue weighted by atomic mass is 10.0. The number of ether oxygens (including phenoxy) is 1. The number of rotatable bonds is 10. The van der Waals surface area contributed by atoms with Crippen LogP contribution in [0.5, 0.6) is 5.75 Å². The van der Waals surface area contributed by atoms with Gasteiger partial charge in [0.05, 0.1) is 0 Å². The summed E-state index contributed by atoms with van der Waals surface area (Å²) in [6.07, 6.45) is -0.573. The van der Waals surface area contributed by atoms with Crippen LogP contribution in [0.3, 0.4) is 0 Å². The molecular formula is C17H23N3O6. The second-order valence-corrected chi connectivity index (χ2v) is 6.03. The smallest absolute Gasteiger partial charge is 0.336 e. The summed E-state index contributed by atoms with van der Waals surface area (Å²) in [6.45, 7) is 0.953. The summed E-state index contributed by atoms with van der Waals surface area (Å²) in [4.78, 5) is 35.3. The van der Waals surface area contributed by atoms with E-state index in [-0.39, 0.29) is 18.1 Å². The van der Waals surface area contributed by atoms with E-state index in [2.05, 4.69) is 10.6 Å². The quantitative estimate of drug-likeness (QED) is 0.267. The van der Waals surface area contributed by atoms with Crippen molar-refractivity contribution < 1.29 is 29.3 Å². The largest absolute Gasteiger partial charge is 0.508 e. The van der Waals surface area contributed by atoms with Crippen molar-refractivity contribution in [3.63, 3.8) is 0 Å². The van der Waals surface area contributed by atoms with Crippen LogP contribution in [0, 0.1) is 0 Å². The molecule has 1 aromatic rings. The van der Waals surface area contributed by atoms with E-state index in [4.69, 9.17) is 15.6 Å². The van der Waals surface area contributed by atoms with Crippen LogP contribution in [-0.2, 0) is 25.5 Å². The van der Waals surface area contributed by atoms with Gasteiger partial charge in [0.1, 0.15) is 11.8 Å². The Hall–Kier alpha value is -2.65. The van der Waals surface area contributed by atoms with Gasteiger partial charge in [-0.3, -0.25) is 9.59 Å². The van der Waals surface area contributed by atoms with Gasteiger partial charge in [-0.2, -0.15) is 0 Å². The Morgan fingerprint density at radius 2 is 1.85 bits per heavy atom. The van der Waals surface area contributed by atoms with Gasteiger partial charge >= 0.3 is 5.97 Å². The lowest BCUT2D eigenvalue weighted by molar-refractivity contribution is -0.138. The number of unbranched alkanes of at least 4 members (excludes halogenated alkanes) is 1. The first-order valence-electron chi connectivity index (χ1n) is 8.36. The number of phenolic OH excluding ortho intramolecular Hbond substituents is 1. The highest BCUT2D eigenvalue weighted by atomic mass is 16.6. The fourth-order valence-electron chi connectivity index (χ4n) is 2.43. The normalized spacial score (nSPS) is 19.4. The molecule has 1 aliphatic heterocycles. The molecule has 142 valence electrons. The zero-order chi connectivity index (χ0) is 19.1. The SMILES string of the molecule is NCCCCNC(=O)C(Cc1ccc(O)cc1)NC(=O)C1OC1C(=O)O. The van der Waals surface area contributed by atoms with Gasteiger partial charge in [0.15, 0.2) is 12.2 Å². The summed E-state index contributed by atoms with van der Waals surface area (Å²) in [5.74, 6) is -2.14. The summed E-state index contributed by atoms with van der Waals surface area (Å²) in [5, 5.41) is 23.4. The van der Waals surface area contributed by atoms with Gasteiger partial charge in [-0.1, -0.05) is 12.1 Å². The first-order valence-corrected chi connectivity index (χ1v) is 8.36. The standard InChI is InChI=1S/C17H23N3O6/c18-7-1-2-8-19-15(22)12(9-10-3-5-11(21)6-4-10)20-16(23)13-14(26-13)17(24)25/h3-6,12-14,21H,1-2,7-9,18H2,(H,19,22)(H,20,23)(H,24,25). The number of aliphatic carboxylic acids is 1. The van der Waals surface area contributed by atoms with Crippen LogP contribution in [0.2, 0.25) is 0 Å². The number of hydrogen-bond donors (Lipinski definition) is 5. The van der Waals surface area contributed by atoms with Crippen molar-refractivity contribution in [1.82, 2.24) is 10.6 Å². The molecule has 1 aliphatic rings. The molecule has 6 N–H and O–H groups in total. The summed E-state index contributed by atoms with van der Waals surface area (Å²) in [6, 6.07) is 5.37. The molecule has 1 heterocycles. The third kappa shape index (κ3) is 5.71. The number of aromatic hydroxyl groups is 1. The first kappa shape index (κ1) is 19.7. The molecule has 0 bridgehead atoms. The number of benzene rings is 1. The lowest BCUT2D eigenvalue weighted by Crippen LogP contribution is -2.49. The van der Waals surface area contributed by atoms with E-state index < -0.39 is 30.1 Å². The van der Waals surface area contributed by atoms with Crippen molar-refractivity contribution in [2.75, 3.05) is 13.1 Å². The van der Waals surface area contributed by atoms with Crippen LogP contribution in [0.4, 0.5) is 0 Å². The van der Waals surface area contributed by atoms with Gasteiger partial charge in [0, 0.05) is 13.0 Å². The Morgan fingerprint density at radius 1 is 1.15 bits per heavy atom. The Labute approximate surface area is 150 Å². The highest BCUT2D eigenvalue weighted by Gasteiger charge is 2.51. The Morgan fingerprint density at radius 3 is 2.42 bits per heavy atom. The monoisotopic (exact) mass is 365 g/mol. The second kappa shape index (κ2) is 9.16. The molecule has 1 aromatic carbocycles. The first-order chi connectivity index (χ1) is 12.4. The number of amides is 2. The molecule has 9 heteroatoms. The van der Waals surface area contributed by atoms with Gasteiger partial charge in [0.2, 0.25) is 5.91 Å². The number of phenols is 1. The van der Waals surface area contributed by atoms with Crippen LogP contribution >= 0.6 is 0 Å². The van der Waals surface area contributed by atoms with Gasteiger partial charge in [-0.25, -0.2) is 4.79 Å². The van der Waals surface area contributed by atoms with E-state index >= 15 is 0 Å². The molecule has 2 amide bonds. The van der Waals surface area contributed by atoms with E-state index in [1.165, 1.54) is 12.1 Å². The molecule has 3 unspecified atom stereocenters. The minimum Gasteiger partial charge on any atom is -0.508 e. The molecule has 1 fully saturated rings. The van der Waals surface area contributed by atoms with Crippen molar-refractivity contribution >= 4 is 17.8 Å². The molecule has 26 heavy (non-hydrogen) atoms. The number of carbonyl (C=O) groups excluding carboxylic acids is 2. The average Bonchev–Trinajstić information content (AvgIpc) is 3.41. The van der Waals surface area contributed by atoms with Gasteiger partial charge in [-0.15, -0.1) is 0 Å². The Kier molecular flexibility index (Phi) is 6.93. The van der Waals surface area contributed by atoms with E-state index in [0.717, 1.165) is 18.4 Å². The maximum Gasteiger partial charge on any atom is 0.336 e. The maximum absolute atomic E-state index is 12.4. The van der Waals surface area contributed by atoms with Crippen LogP contribution in [0.1, 0.15) is 18.4 Å². The Bertz CT molecular complexity index is 648. The predicted molar refractivity (Wildman–Crippen MR) is 91.3 cm³/mol. The van der Waals surface area contributed by atoms with Crippen LogP contribution in [-0.4, -0.2) is 59.3 Å². The van der Waals surface area contributed by atoms with E-state index in [0.29, 0.717) is 13.1 Å². The van der Waals surface area contributed by atoms with Crippen LogP contribution in [0.15, 0.2) is 24.3 Å². The number of nitrogens with two attached hydrogens (primary N) is 1. The molecule has 0 aliphatic carbocycles. The van der Waals surface area contributed by atoms with Crippen molar-refractivity contribution in [3.05, 3.63) is 29.8 Å². The maximum atomic E-state index is 12.4. The number of hydrogen-bond acceptors (Lipinski definition) is 6. The van der Waals surface area contributed by atoms with Crippen LogP contribution in [0.25, 0.3) is 0 Å². The lowest BCUT2D eigenvalue weighted by Gasteiger charge is -2.18. The van der Waals surface area contributed by atoms with Crippen molar-refractivity contribution in [1.29, 1.82) is 0 Å². The molecule has 0 radical (unpaired) electrons. The number of carboxylic acids is 1. The second-order valence-electron chi connectivity index (χ2n) is 6.03.